The summed E-state index contributed by atoms with van der Waals surface area (Å²) < 4.78 is 8.18. The molecule has 1 nitrogen and oxygen atoms in total. The van der Waals surface area contributed by atoms with E-state index in [1.807, 2.05) is 12.1 Å². The predicted molar refractivity (Wildman–Crippen MR) is 108 cm³/mol. The van der Waals surface area contributed by atoms with Crippen molar-refractivity contribution in [3.05, 3.63) is 75.5 Å². The lowest BCUT2D eigenvalue weighted by Crippen LogP contribution is -1.95. The fourth-order valence-electron chi connectivity index (χ4n) is 3.98. The molecule has 3 aromatic rings. The maximum Gasteiger partial charge on any atom is 0.0840 e. The fourth-order valence-corrected chi connectivity index (χ4v) is 4.20. The zero-order chi connectivity index (χ0) is 18.6. The highest BCUT2D eigenvalue weighted by atomic mass is 35.5. The molecular formula is C23H22ClN. The quantitative estimate of drug-likeness (QED) is 0.505. The van der Waals surface area contributed by atoms with Crippen LogP contribution in [0.4, 0.5) is 0 Å². The summed E-state index contributed by atoms with van der Waals surface area (Å²) in [5.41, 5.74) is 8.24. The molecular weight excluding hydrogens is 326 g/mol. The van der Waals surface area contributed by atoms with Crippen LogP contribution in [-0.4, -0.2) is 4.98 Å². The van der Waals surface area contributed by atoms with Gasteiger partial charge in [0.2, 0.25) is 0 Å². The van der Waals surface area contributed by atoms with Gasteiger partial charge in [-0.3, -0.25) is 4.98 Å². The average Bonchev–Trinajstić information content (AvgIpc) is 2.79. The van der Waals surface area contributed by atoms with Crippen molar-refractivity contribution < 1.29 is 1.37 Å². The van der Waals surface area contributed by atoms with Crippen molar-refractivity contribution in [2.45, 2.75) is 34.1 Å². The Hall–Kier alpha value is -2.12. The Morgan fingerprint density at radius 2 is 1.80 bits per heavy atom. The first kappa shape index (κ1) is 15.2. The number of aromatic nitrogens is 1. The van der Waals surface area contributed by atoms with E-state index in [0.717, 1.165) is 22.9 Å². The highest BCUT2D eigenvalue weighted by Gasteiger charge is 2.27. The molecule has 1 aliphatic carbocycles. The number of halogens is 1. The molecule has 0 saturated carbocycles. The third-order valence-corrected chi connectivity index (χ3v) is 4.97. The van der Waals surface area contributed by atoms with Crippen molar-refractivity contribution in [3.8, 4) is 0 Å². The van der Waals surface area contributed by atoms with Gasteiger partial charge in [-0.05, 0) is 66.5 Å². The Labute approximate surface area is 155 Å². The summed E-state index contributed by atoms with van der Waals surface area (Å²) >= 11 is 6.42. The maximum absolute atomic E-state index is 8.18. The van der Waals surface area contributed by atoms with Crippen LogP contribution in [0.2, 0.25) is 5.02 Å². The Morgan fingerprint density at radius 1 is 1.08 bits per heavy atom. The minimum Gasteiger partial charge on any atom is -0.256 e. The minimum absolute atomic E-state index is 0.286. The van der Waals surface area contributed by atoms with Crippen molar-refractivity contribution in [3.63, 3.8) is 0 Å². The van der Waals surface area contributed by atoms with Gasteiger partial charge in [-0.25, -0.2) is 0 Å². The number of nitrogens with zero attached hydrogens (tertiary/aromatic N) is 1. The van der Waals surface area contributed by atoms with Gasteiger partial charge in [0, 0.05) is 22.2 Å². The zero-order valence-electron chi connectivity index (χ0n) is 16.1. The van der Waals surface area contributed by atoms with Crippen LogP contribution in [0.25, 0.3) is 21.9 Å². The molecule has 0 aliphatic heterocycles. The largest absolute Gasteiger partial charge is 0.256 e. The normalized spacial score (nSPS) is 13.9. The monoisotopic (exact) mass is 348 g/mol. The lowest BCUT2D eigenvalue weighted by molar-refractivity contribution is 0.674. The zero-order valence-corrected chi connectivity index (χ0v) is 15.8. The number of allylic oxidation sites excluding steroid dienone is 1. The highest BCUT2D eigenvalue weighted by Crippen LogP contribution is 2.47. The number of aryl methyl sites for hydroxylation is 2. The standard InChI is InChI=1S/C23H22ClN/c1-13(2)7-19-20-12-18(24)11-16-5-6-25-23(21(16)20)22(19)17-9-14(3)8-15(4)10-17/h5-6,8-13H,7H2,1-4H3/i6D. The SMILES string of the molecule is [2H]c1cc2cc(Cl)cc3c2c(n1)C(c1cc(C)cc(C)c1)=C3CC(C)C. The van der Waals surface area contributed by atoms with E-state index >= 15 is 0 Å². The van der Waals surface area contributed by atoms with E-state index in [4.69, 9.17) is 13.0 Å². The summed E-state index contributed by atoms with van der Waals surface area (Å²) in [5.74, 6) is 0.518. The number of hydrogen-bond donors (Lipinski definition) is 0. The van der Waals surface area contributed by atoms with Gasteiger partial charge in [0.15, 0.2) is 0 Å². The molecule has 2 aromatic carbocycles. The second kappa shape index (κ2) is 6.00. The van der Waals surface area contributed by atoms with Crippen molar-refractivity contribution in [2.24, 2.45) is 5.92 Å². The minimum atomic E-state index is 0.286. The first-order valence-electron chi connectivity index (χ1n) is 9.27. The molecule has 0 saturated heterocycles. The van der Waals surface area contributed by atoms with Crippen molar-refractivity contribution in [2.75, 3.05) is 0 Å². The Morgan fingerprint density at radius 3 is 2.48 bits per heavy atom. The van der Waals surface area contributed by atoms with Crippen LogP contribution in [0.5, 0.6) is 0 Å². The Balaban J connectivity index is 2.11. The molecule has 1 aromatic heterocycles. The smallest absolute Gasteiger partial charge is 0.0840 e. The molecule has 1 heterocycles. The van der Waals surface area contributed by atoms with E-state index in [9.17, 15) is 0 Å². The van der Waals surface area contributed by atoms with Crippen molar-refractivity contribution in [1.29, 1.82) is 0 Å². The van der Waals surface area contributed by atoms with Crippen LogP contribution in [0.1, 0.15) is 49.6 Å². The van der Waals surface area contributed by atoms with E-state index in [2.05, 4.69) is 56.9 Å². The molecule has 0 atom stereocenters. The average molecular weight is 349 g/mol. The van der Waals surface area contributed by atoms with Crippen LogP contribution < -0.4 is 0 Å². The van der Waals surface area contributed by atoms with Crippen LogP contribution in [0.3, 0.4) is 0 Å². The Kier molecular flexibility index (Phi) is 3.64. The second-order valence-corrected chi connectivity index (χ2v) is 7.92. The van der Waals surface area contributed by atoms with Gasteiger partial charge < -0.3 is 0 Å². The van der Waals surface area contributed by atoms with Gasteiger partial charge >= 0.3 is 0 Å². The molecule has 0 bridgehead atoms. The van der Waals surface area contributed by atoms with E-state index in [0.29, 0.717) is 10.9 Å². The molecule has 0 amide bonds. The molecule has 1 aliphatic rings. The number of hydrogen-bond acceptors (Lipinski definition) is 1. The van der Waals surface area contributed by atoms with E-state index in [-0.39, 0.29) is 6.17 Å². The third kappa shape index (κ3) is 2.77. The summed E-state index contributed by atoms with van der Waals surface area (Å²) in [4.78, 5) is 4.64. The second-order valence-electron chi connectivity index (χ2n) is 7.48. The number of pyridine rings is 1. The Bertz CT molecular complexity index is 1050. The molecule has 25 heavy (non-hydrogen) atoms. The first-order valence-corrected chi connectivity index (χ1v) is 9.14. The molecule has 2 heteroatoms. The molecule has 0 N–H and O–H groups in total. The topological polar surface area (TPSA) is 12.9 Å². The number of benzene rings is 2. The third-order valence-electron chi connectivity index (χ3n) is 4.75. The van der Waals surface area contributed by atoms with Crippen molar-refractivity contribution in [1.82, 2.24) is 4.98 Å². The summed E-state index contributed by atoms with van der Waals surface area (Å²) in [6.45, 7) is 8.73. The van der Waals surface area contributed by atoms with Crippen LogP contribution >= 0.6 is 11.6 Å². The molecule has 4 rings (SSSR count). The van der Waals surface area contributed by atoms with Gasteiger partial charge in [-0.15, -0.1) is 0 Å². The van der Waals surface area contributed by atoms with Crippen LogP contribution in [0.15, 0.2) is 42.6 Å². The van der Waals surface area contributed by atoms with Gasteiger partial charge in [-0.1, -0.05) is 54.8 Å². The maximum atomic E-state index is 8.18. The molecule has 0 fully saturated rings. The lowest BCUT2D eigenvalue weighted by atomic mass is 9.91. The van der Waals surface area contributed by atoms with Gasteiger partial charge in [-0.2, -0.15) is 0 Å². The fraction of sp³-hybridized carbons (Fsp3) is 0.261. The summed E-state index contributed by atoms with van der Waals surface area (Å²) in [7, 11) is 0. The highest BCUT2D eigenvalue weighted by molar-refractivity contribution is 6.32. The predicted octanol–water partition coefficient (Wildman–Crippen LogP) is 6.82. The molecule has 126 valence electrons. The van der Waals surface area contributed by atoms with Crippen molar-refractivity contribution >= 4 is 33.5 Å². The summed E-state index contributed by atoms with van der Waals surface area (Å²) in [6, 6.07) is 12.5. The summed E-state index contributed by atoms with van der Waals surface area (Å²) in [6.07, 6.45) is 1.25. The first-order chi connectivity index (χ1) is 12.3. The van der Waals surface area contributed by atoms with Gasteiger partial charge in [0.05, 0.1) is 7.06 Å². The van der Waals surface area contributed by atoms with Gasteiger partial charge in [0.1, 0.15) is 0 Å². The molecule has 0 radical (unpaired) electrons. The van der Waals surface area contributed by atoms with Crippen LogP contribution in [0, 0.1) is 19.8 Å². The van der Waals surface area contributed by atoms with Gasteiger partial charge in [0.25, 0.3) is 0 Å². The lowest BCUT2D eigenvalue weighted by Gasteiger charge is -2.13. The van der Waals surface area contributed by atoms with E-state index < -0.39 is 0 Å². The van der Waals surface area contributed by atoms with E-state index in [1.165, 1.54) is 33.4 Å². The summed E-state index contributed by atoms with van der Waals surface area (Å²) in [5, 5.41) is 2.85. The molecule has 0 spiro atoms. The molecule has 0 unspecified atom stereocenters. The van der Waals surface area contributed by atoms with E-state index in [1.54, 1.807) is 0 Å². The number of rotatable bonds is 3. The van der Waals surface area contributed by atoms with Crippen LogP contribution in [-0.2, 0) is 0 Å².